The number of benzene rings is 2. The summed E-state index contributed by atoms with van der Waals surface area (Å²) in [4.78, 5) is 15.1. The van der Waals surface area contributed by atoms with Crippen LogP contribution in [0.4, 0.5) is 0 Å². The maximum absolute atomic E-state index is 15.2. The van der Waals surface area contributed by atoms with E-state index >= 15 is 8.42 Å². The highest BCUT2D eigenvalue weighted by atomic mass is 32.2. The molecule has 0 amide bonds. The Kier molecular flexibility index (Phi) is 9.71. The lowest BCUT2D eigenvalue weighted by Crippen LogP contribution is -2.62. The number of Topliss-reactive ketones (excluding diaryl/α,β-unsaturated/α-hetero) is 1. The zero-order chi connectivity index (χ0) is 35.4. The van der Waals surface area contributed by atoms with Crippen LogP contribution in [0.25, 0.3) is 0 Å². The monoisotopic (exact) mass is 698 g/mol. The maximum Gasteiger partial charge on any atom is 0.184 e. The minimum Gasteiger partial charge on any atom is -0.497 e. The molecule has 0 aromatic heterocycles. The fourth-order valence-corrected chi connectivity index (χ4v) is 11.3. The highest BCUT2D eigenvalue weighted by molar-refractivity contribution is 7.92. The number of fused-ring (bicyclic) bond motifs is 1. The number of ketones is 1. The number of sulfone groups is 1. The van der Waals surface area contributed by atoms with Crippen molar-refractivity contribution in [1.82, 2.24) is 0 Å². The predicted molar refractivity (Wildman–Crippen MR) is 182 cm³/mol. The van der Waals surface area contributed by atoms with Gasteiger partial charge < -0.3 is 33.2 Å². The topological polar surface area (TPSA) is 119 Å². The molecule has 2 heterocycles. The summed E-state index contributed by atoms with van der Waals surface area (Å²) in [6.45, 7) is 13.7. The van der Waals surface area contributed by atoms with Gasteiger partial charge >= 0.3 is 0 Å². The van der Waals surface area contributed by atoms with Crippen molar-refractivity contribution in [3.8, 4) is 5.75 Å². The van der Waals surface area contributed by atoms with E-state index in [4.69, 9.17) is 33.2 Å². The SMILES string of the molecule is C=C[C@@H](OCc1ccc(OC)cc1)[C@]1([C@H]2[C@H](S(=O)(=O)c3ccccc3)[C@H]3O[C@@]34CC[C@H]([C@@H](OCOC)C(=O)[C@H]2C)C4(C)C)COC(C)(C)O1. The number of hydrogen-bond donors (Lipinski definition) is 0. The van der Waals surface area contributed by atoms with Gasteiger partial charge in [0.2, 0.25) is 0 Å². The lowest BCUT2D eigenvalue weighted by molar-refractivity contribution is -0.210. The molecule has 11 heteroatoms. The summed E-state index contributed by atoms with van der Waals surface area (Å²) in [5.74, 6) is -2.75. The third-order valence-corrected chi connectivity index (χ3v) is 13.8. The first-order valence-electron chi connectivity index (χ1n) is 17.0. The van der Waals surface area contributed by atoms with E-state index < -0.39 is 67.6 Å². The molecule has 2 aromatic rings. The number of ether oxygens (including phenoxy) is 7. The Hall–Kier alpha value is -2.64. The van der Waals surface area contributed by atoms with E-state index in [2.05, 4.69) is 20.4 Å². The van der Waals surface area contributed by atoms with Crippen LogP contribution >= 0.6 is 0 Å². The quantitative estimate of drug-likeness (QED) is 0.159. The molecule has 0 radical (unpaired) electrons. The van der Waals surface area contributed by atoms with Crippen LogP contribution in [0.3, 0.4) is 0 Å². The molecular weight excluding hydrogens is 648 g/mol. The van der Waals surface area contributed by atoms with Gasteiger partial charge in [-0.3, -0.25) is 4.79 Å². The minimum absolute atomic E-state index is 0.0431. The lowest BCUT2D eigenvalue weighted by Gasteiger charge is -2.46. The molecule has 0 N–H and O–H groups in total. The van der Waals surface area contributed by atoms with Gasteiger partial charge in [-0.25, -0.2) is 8.42 Å². The van der Waals surface area contributed by atoms with Crippen LogP contribution in [0.15, 0.2) is 72.1 Å². The Balaban J connectivity index is 1.54. The highest BCUT2D eigenvalue weighted by Crippen LogP contribution is 2.68. The van der Waals surface area contributed by atoms with Crippen LogP contribution in [-0.2, 0) is 49.7 Å². The van der Waals surface area contributed by atoms with Gasteiger partial charge in [-0.2, -0.15) is 0 Å². The fraction of sp³-hybridized carbons (Fsp3) is 0.605. The van der Waals surface area contributed by atoms with Gasteiger partial charge in [-0.1, -0.05) is 57.2 Å². The first-order valence-corrected chi connectivity index (χ1v) is 18.6. The molecule has 49 heavy (non-hydrogen) atoms. The molecule has 2 bridgehead atoms. The van der Waals surface area contributed by atoms with E-state index in [1.165, 1.54) is 7.11 Å². The highest BCUT2D eigenvalue weighted by Gasteiger charge is 2.78. The molecule has 268 valence electrons. The second-order valence-electron chi connectivity index (χ2n) is 14.9. The third-order valence-electron chi connectivity index (χ3n) is 11.6. The zero-order valence-electron chi connectivity index (χ0n) is 29.5. The molecule has 2 aromatic carbocycles. The summed E-state index contributed by atoms with van der Waals surface area (Å²) in [5.41, 5.74) is -1.99. The van der Waals surface area contributed by atoms with Crippen LogP contribution in [0.2, 0.25) is 0 Å². The van der Waals surface area contributed by atoms with Gasteiger partial charge in [0.25, 0.3) is 0 Å². The van der Waals surface area contributed by atoms with Crippen molar-refractivity contribution >= 4 is 15.6 Å². The molecule has 0 unspecified atom stereocenters. The molecule has 2 saturated heterocycles. The van der Waals surface area contributed by atoms with Crippen LogP contribution in [0.5, 0.6) is 5.75 Å². The number of methoxy groups -OCH3 is 2. The molecule has 9 atom stereocenters. The van der Waals surface area contributed by atoms with Crippen molar-refractivity contribution in [2.24, 2.45) is 23.2 Å². The van der Waals surface area contributed by atoms with Crippen LogP contribution < -0.4 is 4.74 Å². The summed E-state index contributed by atoms with van der Waals surface area (Å²) in [6, 6.07) is 15.9. The molecule has 2 aliphatic heterocycles. The largest absolute Gasteiger partial charge is 0.497 e. The molecule has 10 nitrogen and oxygen atoms in total. The van der Waals surface area contributed by atoms with Crippen molar-refractivity contribution in [3.63, 3.8) is 0 Å². The number of epoxide rings is 1. The van der Waals surface area contributed by atoms with E-state index in [1.807, 2.05) is 24.3 Å². The summed E-state index contributed by atoms with van der Waals surface area (Å²) in [6.07, 6.45) is 0.399. The number of rotatable bonds is 12. The number of carbonyl (C=O) groups excluding carboxylic acids is 1. The minimum atomic E-state index is -4.16. The first-order chi connectivity index (χ1) is 23.2. The van der Waals surface area contributed by atoms with Gasteiger partial charge in [0.05, 0.1) is 25.2 Å². The molecule has 4 aliphatic rings. The predicted octanol–water partition coefficient (Wildman–Crippen LogP) is 5.53. The summed E-state index contributed by atoms with van der Waals surface area (Å²) in [5, 5.41) is -1.20. The molecule has 1 spiro atoms. The van der Waals surface area contributed by atoms with E-state index in [0.29, 0.717) is 18.6 Å². The Labute approximate surface area is 290 Å². The smallest absolute Gasteiger partial charge is 0.184 e. The van der Waals surface area contributed by atoms with Crippen LogP contribution in [0, 0.1) is 23.2 Å². The molecule has 4 fully saturated rings. The molecule has 2 saturated carbocycles. The Bertz CT molecular complexity index is 1620. The Morgan fingerprint density at radius 2 is 1.73 bits per heavy atom. The Morgan fingerprint density at radius 1 is 1.04 bits per heavy atom. The van der Waals surface area contributed by atoms with Crippen molar-refractivity contribution in [3.05, 3.63) is 72.8 Å². The average molecular weight is 699 g/mol. The summed E-state index contributed by atoms with van der Waals surface area (Å²) >= 11 is 0. The molecule has 6 rings (SSSR count). The number of hydrogen-bond acceptors (Lipinski definition) is 10. The first kappa shape index (κ1) is 36.2. The van der Waals surface area contributed by atoms with E-state index in [0.717, 1.165) is 5.56 Å². The van der Waals surface area contributed by atoms with Crippen molar-refractivity contribution in [2.75, 3.05) is 27.6 Å². The molecular formula is C38H50O10S. The lowest BCUT2D eigenvalue weighted by atomic mass is 9.69. The van der Waals surface area contributed by atoms with Gasteiger partial charge in [0.1, 0.15) is 47.3 Å². The van der Waals surface area contributed by atoms with Gasteiger partial charge in [0.15, 0.2) is 21.4 Å². The average Bonchev–Trinajstić information content (AvgIpc) is 3.64. The van der Waals surface area contributed by atoms with Crippen molar-refractivity contribution in [1.29, 1.82) is 0 Å². The van der Waals surface area contributed by atoms with Crippen LogP contribution in [-0.4, -0.2) is 82.4 Å². The van der Waals surface area contributed by atoms with Crippen molar-refractivity contribution < 1.29 is 46.4 Å². The standard InChI is InChI=1S/C38H50O10S/c1-9-29(44-21-25-15-17-26(43-8)18-16-25)37(22-46-36(5,6)48-37)30-24(2)31(39)32(45-23-42-7)28-19-20-38(35(28,3)4)34(47-38)33(30)49(40,41)27-13-11-10-12-14-27/h9-18,24,28-30,32-34H,1,19-23H2,2-8H3/t24-,28+,29+,30+,32+,33-,34+,37-,38-/m0/s1. The van der Waals surface area contributed by atoms with E-state index in [-0.39, 0.29) is 36.6 Å². The Morgan fingerprint density at radius 3 is 2.33 bits per heavy atom. The second-order valence-corrected chi connectivity index (χ2v) is 17.0. The second kappa shape index (κ2) is 13.2. The van der Waals surface area contributed by atoms with Crippen LogP contribution in [0.1, 0.15) is 53.0 Å². The van der Waals surface area contributed by atoms with E-state index in [1.54, 1.807) is 64.3 Å². The number of carbonyl (C=O) groups is 1. The van der Waals surface area contributed by atoms with Crippen molar-refractivity contribution in [2.45, 2.75) is 99.5 Å². The summed E-state index contributed by atoms with van der Waals surface area (Å²) in [7, 11) is -1.03. The summed E-state index contributed by atoms with van der Waals surface area (Å²) < 4.78 is 73.8. The maximum atomic E-state index is 15.2. The van der Waals surface area contributed by atoms with E-state index in [9.17, 15) is 4.79 Å². The zero-order valence-corrected chi connectivity index (χ0v) is 30.4. The van der Waals surface area contributed by atoms with Gasteiger partial charge in [-0.15, -0.1) is 6.58 Å². The normalized spacial score (nSPS) is 35.4. The van der Waals surface area contributed by atoms with Gasteiger partial charge in [-0.05, 0) is 56.5 Å². The fourth-order valence-electron chi connectivity index (χ4n) is 9.03. The van der Waals surface area contributed by atoms with Gasteiger partial charge in [0, 0.05) is 30.3 Å². The molecule has 2 aliphatic carbocycles. The third kappa shape index (κ3) is 5.99.